The van der Waals surface area contributed by atoms with Crippen molar-refractivity contribution in [3.63, 3.8) is 0 Å². The molecule has 0 amide bonds. The standard InChI is InChI=1S/C13H16N2OS/c1-8(2)11-12(16-15-13(11)14)9-4-6-10(17-3)7-5-9/h4-8H,1-3H3,(H2,14,15). The van der Waals surface area contributed by atoms with E-state index in [0.717, 1.165) is 16.9 Å². The molecule has 0 unspecified atom stereocenters. The van der Waals surface area contributed by atoms with E-state index in [9.17, 15) is 0 Å². The summed E-state index contributed by atoms with van der Waals surface area (Å²) in [6.45, 7) is 4.17. The van der Waals surface area contributed by atoms with Crippen molar-refractivity contribution in [1.82, 2.24) is 5.16 Å². The molecule has 90 valence electrons. The minimum Gasteiger partial charge on any atom is -0.381 e. The molecule has 0 saturated carbocycles. The average molecular weight is 248 g/mol. The van der Waals surface area contributed by atoms with Gasteiger partial charge in [0.25, 0.3) is 0 Å². The third-order valence-electron chi connectivity index (χ3n) is 2.69. The summed E-state index contributed by atoms with van der Waals surface area (Å²) in [5, 5.41) is 3.85. The summed E-state index contributed by atoms with van der Waals surface area (Å²) < 4.78 is 5.33. The molecule has 3 nitrogen and oxygen atoms in total. The number of rotatable bonds is 3. The second-order valence-electron chi connectivity index (χ2n) is 4.19. The minimum atomic E-state index is 0.302. The Hall–Kier alpha value is -1.42. The first-order chi connectivity index (χ1) is 8.13. The van der Waals surface area contributed by atoms with Crippen molar-refractivity contribution in [2.45, 2.75) is 24.7 Å². The van der Waals surface area contributed by atoms with Gasteiger partial charge in [0.1, 0.15) is 0 Å². The number of nitrogen functional groups attached to an aromatic ring is 1. The van der Waals surface area contributed by atoms with Crippen LogP contribution in [0.4, 0.5) is 5.82 Å². The highest BCUT2D eigenvalue weighted by Crippen LogP contribution is 2.33. The molecule has 0 aliphatic heterocycles. The third-order valence-corrected chi connectivity index (χ3v) is 3.43. The van der Waals surface area contributed by atoms with E-state index in [-0.39, 0.29) is 0 Å². The summed E-state index contributed by atoms with van der Waals surface area (Å²) in [6.07, 6.45) is 2.06. The average Bonchev–Trinajstić information content (AvgIpc) is 2.71. The first-order valence-electron chi connectivity index (χ1n) is 5.53. The summed E-state index contributed by atoms with van der Waals surface area (Å²) in [7, 11) is 0. The lowest BCUT2D eigenvalue weighted by Crippen LogP contribution is -1.95. The van der Waals surface area contributed by atoms with Crippen molar-refractivity contribution in [3.8, 4) is 11.3 Å². The van der Waals surface area contributed by atoms with E-state index in [1.807, 2.05) is 12.1 Å². The zero-order valence-corrected chi connectivity index (χ0v) is 11.0. The van der Waals surface area contributed by atoms with Gasteiger partial charge in [0, 0.05) is 16.0 Å². The largest absolute Gasteiger partial charge is 0.381 e. The maximum absolute atomic E-state index is 5.83. The van der Waals surface area contributed by atoms with E-state index in [0.29, 0.717) is 11.7 Å². The zero-order valence-electron chi connectivity index (χ0n) is 10.2. The molecule has 2 rings (SSSR count). The number of hydrogen-bond donors (Lipinski definition) is 1. The van der Waals surface area contributed by atoms with Crippen molar-refractivity contribution in [2.75, 3.05) is 12.0 Å². The molecular formula is C13H16N2OS. The van der Waals surface area contributed by atoms with Gasteiger partial charge in [0.05, 0.1) is 0 Å². The van der Waals surface area contributed by atoms with Crippen LogP contribution in [0.25, 0.3) is 11.3 Å². The lowest BCUT2D eigenvalue weighted by molar-refractivity contribution is 0.434. The van der Waals surface area contributed by atoms with Gasteiger partial charge in [-0.2, -0.15) is 0 Å². The van der Waals surface area contributed by atoms with E-state index >= 15 is 0 Å². The quantitative estimate of drug-likeness (QED) is 0.840. The topological polar surface area (TPSA) is 52.0 Å². The van der Waals surface area contributed by atoms with Crippen LogP contribution in [-0.2, 0) is 0 Å². The first-order valence-corrected chi connectivity index (χ1v) is 6.75. The molecule has 1 aromatic carbocycles. The third kappa shape index (κ3) is 2.31. The SMILES string of the molecule is CSc1ccc(-c2onc(N)c2C(C)C)cc1. The molecule has 0 bridgehead atoms. The maximum Gasteiger partial charge on any atom is 0.172 e. The number of thioether (sulfide) groups is 1. The van der Waals surface area contributed by atoms with Crippen LogP contribution in [0.2, 0.25) is 0 Å². The van der Waals surface area contributed by atoms with Gasteiger partial charge in [0.15, 0.2) is 11.6 Å². The van der Waals surface area contributed by atoms with Gasteiger partial charge in [-0.05, 0) is 24.3 Å². The Morgan fingerprint density at radius 3 is 2.41 bits per heavy atom. The van der Waals surface area contributed by atoms with E-state index in [1.165, 1.54) is 4.90 Å². The second kappa shape index (κ2) is 4.84. The lowest BCUT2D eigenvalue weighted by atomic mass is 9.99. The molecule has 0 atom stereocenters. The monoisotopic (exact) mass is 248 g/mol. The van der Waals surface area contributed by atoms with Crippen molar-refractivity contribution in [2.24, 2.45) is 0 Å². The normalized spacial score (nSPS) is 11.1. The minimum absolute atomic E-state index is 0.302. The summed E-state index contributed by atoms with van der Waals surface area (Å²) in [5.41, 5.74) is 7.84. The van der Waals surface area contributed by atoms with Gasteiger partial charge in [-0.3, -0.25) is 0 Å². The van der Waals surface area contributed by atoms with Crippen molar-refractivity contribution < 1.29 is 4.52 Å². The van der Waals surface area contributed by atoms with Gasteiger partial charge in [-0.15, -0.1) is 11.8 Å². The molecule has 0 fully saturated rings. The molecule has 0 radical (unpaired) electrons. The molecular weight excluding hydrogens is 232 g/mol. The van der Waals surface area contributed by atoms with Crippen LogP contribution in [0, 0.1) is 0 Å². The fourth-order valence-electron chi connectivity index (χ4n) is 1.82. The molecule has 0 aliphatic carbocycles. The Bertz CT molecular complexity index is 503. The first kappa shape index (κ1) is 12.0. The number of nitrogens with two attached hydrogens (primary N) is 1. The molecule has 0 spiro atoms. The predicted octanol–water partition coefficient (Wildman–Crippen LogP) is 3.77. The highest BCUT2D eigenvalue weighted by Gasteiger charge is 2.18. The zero-order chi connectivity index (χ0) is 12.4. The van der Waals surface area contributed by atoms with Crippen LogP contribution in [-0.4, -0.2) is 11.4 Å². The van der Waals surface area contributed by atoms with E-state index < -0.39 is 0 Å². The molecule has 2 aromatic rings. The van der Waals surface area contributed by atoms with Crippen LogP contribution < -0.4 is 5.73 Å². The Balaban J connectivity index is 2.45. The molecule has 17 heavy (non-hydrogen) atoms. The lowest BCUT2D eigenvalue weighted by Gasteiger charge is -2.05. The van der Waals surface area contributed by atoms with Crippen LogP contribution >= 0.6 is 11.8 Å². The highest BCUT2D eigenvalue weighted by molar-refractivity contribution is 7.98. The summed E-state index contributed by atoms with van der Waals surface area (Å²) in [6, 6.07) is 8.22. The van der Waals surface area contributed by atoms with E-state index in [1.54, 1.807) is 11.8 Å². The number of anilines is 1. The van der Waals surface area contributed by atoms with Crippen molar-refractivity contribution in [3.05, 3.63) is 29.8 Å². The second-order valence-corrected chi connectivity index (χ2v) is 5.07. The van der Waals surface area contributed by atoms with Gasteiger partial charge >= 0.3 is 0 Å². The molecule has 0 saturated heterocycles. The fraction of sp³-hybridized carbons (Fsp3) is 0.308. The molecule has 1 aromatic heterocycles. The van der Waals surface area contributed by atoms with Crippen molar-refractivity contribution in [1.29, 1.82) is 0 Å². The van der Waals surface area contributed by atoms with Crippen molar-refractivity contribution >= 4 is 17.6 Å². The smallest absolute Gasteiger partial charge is 0.172 e. The maximum atomic E-state index is 5.83. The number of hydrogen-bond acceptors (Lipinski definition) is 4. The van der Waals surface area contributed by atoms with Gasteiger partial charge < -0.3 is 10.3 Å². The van der Waals surface area contributed by atoms with Gasteiger partial charge in [-0.25, -0.2) is 0 Å². The van der Waals surface area contributed by atoms with E-state index in [4.69, 9.17) is 10.3 Å². The van der Waals surface area contributed by atoms with Crippen LogP contribution in [0.1, 0.15) is 25.3 Å². The van der Waals surface area contributed by atoms with Crippen LogP contribution in [0.3, 0.4) is 0 Å². The van der Waals surface area contributed by atoms with E-state index in [2.05, 4.69) is 37.4 Å². The number of nitrogens with zero attached hydrogens (tertiary/aromatic N) is 1. The molecule has 2 N–H and O–H groups in total. The predicted molar refractivity (Wildman–Crippen MR) is 72.2 cm³/mol. The van der Waals surface area contributed by atoms with Gasteiger partial charge in [-0.1, -0.05) is 31.1 Å². The Morgan fingerprint density at radius 1 is 1.24 bits per heavy atom. The Labute approximate surface area is 105 Å². The molecule has 4 heteroatoms. The fourth-order valence-corrected chi connectivity index (χ4v) is 2.23. The van der Waals surface area contributed by atoms with Gasteiger partial charge in [0.2, 0.25) is 0 Å². The molecule has 1 heterocycles. The molecule has 0 aliphatic rings. The summed E-state index contributed by atoms with van der Waals surface area (Å²) in [5.74, 6) is 1.57. The Kier molecular flexibility index (Phi) is 3.43. The van der Waals surface area contributed by atoms with Crippen LogP contribution in [0.5, 0.6) is 0 Å². The number of benzene rings is 1. The summed E-state index contributed by atoms with van der Waals surface area (Å²) in [4.78, 5) is 1.23. The van der Waals surface area contributed by atoms with Crippen LogP contribution in [0.15, 0.2) is 33.7 Å². The number of aromatic nitrogens is 1. The Morgan fingerprint density at radius 2 is 1.88 bits per heavy atom. The highest BCUT2D eigenvalue weighted by atomic mass is 32.2. The summed E-state index contributed by atoms with van der Waals surface area (Å²) >= 11 is 1.72.